The van der Waals surface area contributed by atoms with E-state index in [0.29, 0.717) is 0 Å². The standard InChI is InChI=1S/C15H22FNO2S/c1-6-9-19-14-10-12(7-8-13(14)16)11(2)17-20(18)15(3,4)5/h6-8,10-11,17H,1,9H2,2-5H3/t11?,20-/m0/s1. The Morgan fingerprint density at radius 3 is 2.70 bits per heavy atom. The molecule has 0 radical (unpaired) electrons. The molecular weight excluding hydrogens is 277 g/mol. The van der Waals surface area contributed by atoms with Gasteiger partial charge in [0, 0.05) is 11.4 Å². The Morgan fingerprint density at radius 1 is 1.50 bits per heavy atom. The molecule has 1 unspecified atom stereocenters. The van der Waals surface area contributed by atoms with Crippen LogP contribution in [0.25, 0.3) is 0 Å². The van der Waals surface area contributed by atoms with Gasteiger partial charge in [-0.25, -0.2) is 4.39 Å². The molecule has 1 aromatic carbocycles. The molecule has 0 fully saturated rings. The number of halogens is 1. The van der Waals surface area contributed by atoms with Crippen LogP contribution in [-0.2, 0) is 11.4 Å². The van der Waals surface area contributed by atoms with Gasteiger partial charge >= 0.3 is 0 Å². The molecule has 20 heavy (non-hydrogen) atoms. The van der Waals surface area contributed by atoms with Gasteiger partial charge in [-0.3, -0.25) is 0 Å². The summed E-state index contributed by atoms with van der Waals surface area (Å²) in [6.07, 6.45) is 1.56. The molecule has 0 amide bonds. The normalized spacial score (nSPS) is 14.7. The molecule has 0 spiro atoms. The van der Waals surface area contributed by atoms with Gasteiger partial charge in [0.1, 0.15) is 11.4 Å². The highest BCUT2D eigenvalue weighted by Crippen LogP contribution is 2.25. The topological polar surface area (TPSA) is 44.3 Å². The van der Waals surface area contributed by atoms with Gasteiger partial charge in [-0.2, -0.15) is 0 Å². The van der Waals surface area contributed by atoms with Gasteiger partial charge in [0.15, 0.2) is 11.6 Å². The predicted molar refractivity (Wildman–Crippen MR) is 81.5 cm³/mol. The lowest BCUT2D eigenvalue weighted by molar-refractivity contribution is 0.341. The quantitative estimate of drug-likeness (QED) is 0.646. The molecule has 0 aromatic heterocycles. The molecule has 2 atom stereocenters. The molecule has 0 saturated carbocycles. The first-order valence-electron chi connectivity index (χ1n) is 6.47. The number of ether oxygens (including phenoxy) is 1. The van der Waals surface area contributed by atoms with Gasteiger partial charge in [0.25, 0.3) is 0 Å². The average Bonchev–Trinajstić information content (AvgIpc) is 2.36. The van der Waals surface area contributed by atoms with Gasteiger partial charge in [0.2, 0.25) is 0 Å². The summed E-state index contributed by atoms with van der Waals surface area (Å²) in [4.78, 5) is 0. The van der Waals surface area contributed by atoms with Crippen LogP contribution in [0.1, 0.15) is 39.3 Å². The second-order valence-electron chi connectivity index (χ2n) is 5.51. The number of benzene rings is 1. The summed E-state index contributed by atoms with van der Waals surface area (Å²) in [6, 6.07) is 4.47. The van der Waals surface area contributed by atoms with E-state index >= 15 is 0 Å². The minimum Gasteiger partial charge on any atom is -0.598 e. The lowest BCUT2D eigenvalue weighted by Crippen LogP contribution is -2.40. The monoisotopic (exact) mass is 299 g/mol. The molecular formula is C15H22FNO2S. The zero-order chi connectivity index (χ0) is 15.3. The molecule has 112 valence electrons. The molecule has 0 saturated heterocycles. The summed E-state index contributed by atoms with van der Waals surface area (Å²) in [6.45, 7) is 11.3. The third-order valence-electron chi connectivity index (χ3n) is 2.65. The van der Waals surface area contributed by atoms with E-state index in [2.05, 4.69) is 11.3 Å². The van der Waals surface area contributed by atoms with Crippen LogP contribution in [0.15, 0.2) is 30.9 Å². The third-order valence-corrected chi connectivity index (χ3v) is 4.33. The molecule has 0 aliphatic heterocycles. The van der Waals surface area contributed by atoms with Crippen LogP contribution < -0.4 is 9.46 Å². The second-order valence-corrected chi connectivity index (χ2v) is 7.51. The van der Waals surface area contributed by atoms with E-state index < -0.39 is 17.2 Å². The van der Waals surface area contributed by atoms with Crippen molar-refractivity contribution in [3.05, 3.63) is 42.2 Å². The van der Waals surface area contributed by atoms with Crippen molar-refractivity contribution in [1.29, 1.82) is 0 Å². The first kappa shape index (κ1) is 17.0. The van der Waals surface area contributed by atoms with Crippen molar-refractivity contribution >= 4 is 11.4 Å². The van der Waals surface area contributed by atoms with E-state index in [4.69, 9.17) is 4.74 Å². The number of hydrogen-bond acceptors (Lipinski definition) is 3. The van der Waals surface area contributed by atoms with Gasteiger partial charge in [-0.05, 0) is 45.4 Å². The molecule has 0 heterocycles. The largest absolute Gasteiger partial charge is 0.598 e. The fourth-order valence-corrected chi connectivity index (χ4v) is 2.26. The van der Waals surface area contributed by atoms with E-state index in [1.54, 1.807) is 18.2 Å². The lowest BCUT2D eigenvalue weighted by Gasteiger charge is -2.26. The summed E-state index contributed by atoms with van der Waals surface area (Å²) >= 11 is -1.19. The molecule has 0 bridgehead atoms. The van der Waals surface area contributed by atoms with Crippen molar-refractivity contribution in [3.63, 3.8) is 0 Å². The minimum atomic E-state index is -1.19. The van der Waals surface area contributed by atoms with Gasteiger partial charge in [-0.1, -0.05) is 18.7 Å². The smallest absolute Gasteiger partial charge is 0.165 e. The van der Waals surface area contributed by atoms with E-state index in [1.165, 1.54) is 6.07 Å². The summed E-state index contributed by atoms with van der Waals surface area (Å²) < 4.78 is 33.5. The second kappa shape index (κ2) is 7.11. The molecule has 0 aliphatic rings. The summed E-state index contributed by atoms with van der Waals surface area (Å²) in [5.41, 5.74) is 0.822. The van der Waals surface area contributed by atoms with Crippen LogP contribution in [0.4, 0.5) is 4.39 Å². The Bertz CT molecular complexity index is 460. The minimum absolute atomic E-state index is 0.165. The average molecular weight is 299 g/mol. The first-order chi connectivity index (χ1) is 9.25. The van der Waals surface area contributed by atoms with E-state index in [1.807, 2.05) is 27.7 Å². The van der Waals surface area contributed by atoms with Crippen LogP contribution in [0.2, 0.25) is 0 Å². The summed E-state index contributed by atoms with van der Waals surface area (Å²) in [5.74, 6) is -0.239. The van der Waals surface area contributed by atoms with Gasteiger partial charge < -0.3 is 9.29 Å². The highest BCUT2D eigenvalue weighted by atomic mass is 32.2. The molecule has 3 nitrogen and oxygen atoms in total. The van der Waals surface area contributed by atoms with Gasteiger partial charge in [-0.15, -0.1) is 4.72 Å². The predicted octanol–water partition coefficient (Wildman–Crippen LogP) is 3.50. The highest BCUT2D eigenvalue weighted by Gasteiger charge is 2.28. The van der Waals surface area contributed by atoms with Crippen molar-refractivity contribution in [3.8, 4) is 5.75 Å². The van der Waals surface area contributed by atoms with E-state index in [9.17, 15) is 8.94 Å². The zero-order valence-electron chi connectivity index (χ0n) is 12.4. The van der Waals surface area contributed by atoms with Crippen molar-refractivity contribution in [2.45, 2.75) is 38.5 Å². The van der Waals surface area contributed by atoms with Crippen LogP contribution in [0, 0.1) is 5.82 Å². The fourth-order valence-electron chi connectivity index (χ4n) is 1.45. The SMILES string of the molecule is C=CCOc1cc(C(C)N[S@@+]([O-])C(C)(C)C)ccc1F. The summed E-state index contributed by atoms with van der Waals surface area (Å²) in [5, 5.41) is 0. The molecule has 1 aromatic rings. The molecule has 5 heteroatoms. The van der Waals surface area contributed by atoms with Crippen molar-refractivity contribution in [2.75, 3.05) is 6.61 Å². The zero-order valence-corrected chi connectivity index (χ0v) is 13.2. The number of hydrogen-bond donors (Lipinski definition) is 1. The Morgan fingerprint density at radius 2 is 2.15 bits per heavy atom. The van der Waals surface area contributed by atoms with Crippen LogP contribution >= 0.6 is 0 Å². The van der Waals surface area contributed by atoms with Crippen LogP contribution in [0.5, 0.6) is 5.75 Å². The Balaban J connectivity index is 2.82. The Hall–Kier alpha value is -1.04. The highest BCUT2D eigenvalue weighted by molar-refractivity contribution is 7.90. The van der Waals surface area contributed by atoms with Crippen molar-refractivity contribution in [2.24, 2.45) is 0 Å². The molecule has 1 N–H and O–H groups in total. The maximum atomic E-state index is 13.6. The third kappa shape index (κ3) is 4.81. The maximum Gasteiger partial charge on any atom is 0.165 e. The number of rotatable bonds is 6. The number of nitrogens with one attached hydrogen (secondary N) is 1. The van der Waals surface area contributed by atoms with E-state index in [0.717, 1.165) is 5.56 Å². The molecule has 0 aliphatic carbocycles. The van der Waals surface area contributed by atoms with Crippen LogP contribution in [-0.4, -0.2) is 15.9 Å². The lowest BCUT2D eigenvalue weighted by atomic mass is 10.1. The van der Waals surface area contributed by atoms with Crippen LogP contribution in [0.3, 0.4) is 0 Å². The maximum absolute atomic E-state index is 13.6. The van der Waals surface area contributed by atoms with Gasteiger partial charge in [0.05, 0.1) is 6.04 Å². The van der Waals surface area contributed by atoms with E-state index in [-0.39, 0.29) is 23.1 Å². The molecule has 1 rings (SSSR count). The van der Waals surface area contributed by atoms with Crippen molar-refractivity contribution < 1.29 is 13.7 Å². The fraction of sp³-hybridized carbons (Fsp3) is 0.467. The first-order valence-corrected chi connectivity index (χ1v) is 7.62. The summed E-state index contributed by atoms with van der Waals surface area (Å²) in [7, 11) is 0. The van der Waals surface area contributed by atoms with Crippen molar-refractivity contribution in [1.82, 2.24) is 4.72 Å². The Kier molecular flexibility index (Phi) is 6.05. The Labute approximate surface area is 123 Å².